The molecule has 5 nitrogen and oxygen atoms in total. The molecule has 1 fully saturated rings. The van der Waals surface area contributed by atoms with Crippen molar-refractivity contribution in [2.24, 2.45) is 0 Å². The molecule has 6 heteroatoms. The molecule has 1 saturated heterocycles. The van der Waals surface area contributed by atoms with Crippen LogP contribution in [-0.4, -0.2) is 50.5 Å². The smallest absolute Gasteiger partial charge is 0.165 e. The number of piperazine rings is 1. The maximum atomic E-state index is 13.8. The van der Waals surface area contributed by atoms with Crippen LogP contribution in [0.3, 0.4) is 0 Å². The molecule has 1 aliphatic rings. The van der Waals surface area contributed by atoms with E-state index in [1.807, 2.05) is 18.2 Å². The molecular formula is C21H26FN3O2. The fourth-order valence-electron chi connectivity index (χ4n) is 3.46. The molecule has 3 rings (SSSR count). The van der Waals surface area contributed by atoms with Crippen LogP contribution in [0.4, 0.5) is 15.8 Å². The van der Waals surface area contributed by atoms with Gasteiger partial charge in [0.1, 0.15) is 11.6 Å². The van der Waals surface area contributed by atoms with Crippen molar-refractivity contribution in [2.75, 3.05) is 50.5 Å². The second kappa shape index (κ2) is 8.86. The molecule has 2 aromatic carbocycles. The minimum absolute atomic E-state index is 0.130. The summed E-state index contributed by atoms with van der Waals surface area (Å²) in [5.74, 6) is 0.188. The highest BCUT2D eigenvalue weighted by Crippen LogP contribution is 2.28. The van der Waals surface area contributed by atoms with Crippen LogP contribution in [0.1, 0.15) is 23.2 Å². The highest BCUT2D eigenvalue weighted by molar-refractivity contribution is 5.96. The van der Waals surface area contributed by atoms with Gasteiger partial charge >= 0.3 is 0 Å². The van der Waals surface area contributed by atoms with E-state index in [-0.39, 0.29) is 11.3 Å². The molecule has 0 amide bonds. The Morgan fingerprint density at radius 3 is 2.59 bits per heavy atom. The number of Topliss-reactive ketones (excluding diaryl/α,β-unsaturated/α-hetero) is 1. The summed E-state index contributed by atoms with van der Waals surface area (Å²) in [7, 11) is 1.69. The first kappa shape index (κ1) is 19.2. The summed E-state index contributed by atoms with van der Waals surface area (Å²) < 4.78 is 19.3. The lowest BCUT2D eigenvalue weighted by atomic mass is 10.1. The number of nitrogens with zero attached hydrogens (tertiary/aromatic N) is 2. The number of carbonyl (C=O) groups excluding carboxylic acids is 1. The first-order chi connectivity index (χ1) is 13.1. The molecule has 0 aromatic heterocycles. The zero-order valence-corrected chi connectivity index (χ0v) is 15.7. The monoisotopic (exact) mass is 371 g/mol. The summed E-state index contributed by atoms with van der Waals surface area (Å²) in [6.45, 7) is 4.54. The van der Waals surface area contributed by atoms with Gasteiger partial charge in [-0.25, -0.2) is 4.39 Å². The number of ether oxygens (including phenoxy) is 1. The average Bonchev–Trinajstić information content (AvgIpc) is 2.68. The zero-order chi connectivity index (χ0) is 19.2. The average molecular weight is 371 g/mol. The third-order valence-electron chi connectivity index (χ3n) is 4.97. The van der Waals surface area contributed by atoms with Gasteiger partial charge in [-0.05, 0) is 43.3 Å². The van der Waals surface area contributed by atoms with Crippen LogP contribution in [-0.2, 0) is 0 Å². The van der Waals surface area contributed by atoms with E-state index in [1.165, 1.54) is 12.1 Å². The van der Waals surface area contributed by atoms with Crippen LogP contribution >= 0.6 is 0 Å². The summed E-state index contributed by atoms with van der Waals surface area (Å²) in [5, 5.41) is 0. The van der Waals surface area contributed by atoms with E-state index in [4.69, 9.17) is 10.5 Å². The van der Waals surface area contributed by atoms with Crippen molar-refractivity contribution >= 4 is 17.2 Å². The lowest BCUT2D eigenvalue weighted by Crippen LogP contribution is -2.46. The Kier molecular flexibility index (Phi) is 6.29. The molecule has 0 atom stereocenters. The van der Waals surface area contributed by atoms with E-state index in [9.17, 15) is 9.18 Å². The third kappa shape index (κ3) is 4.77. The largest absolute Gasteiger partial charge is 0.495 e. The molecular weight excluding hydrogens is 345 g/mol. The van der Waals surface area contributed by atoms with Crippen LogP contribution < -0.4 is 15.4 Å². The molecule has 0 spiro atoms. The fraction of sp³-hybridized carbons (Fsp3) is 0.381. The van der Waals surface area contributed by atoms with Crippen LogP contribution in [0, 0.1) is 5.82 Å². The maximum Gasteiger partial charge on any atom is 0.165 e. The van der Waals surface area contributed by atoms with Crippen molar-refractivity contribution < 1.29 is 13.9 Å². The van der Waals surface area contributed by atoms with E-state index in [1.54, 1.807) is 13.2 Å². The summed E-state index contributed by atoms with van der Waals surface area (Å²) in [4.78, 5) is 16.9. The van der Waals surface area contributed by atoms with Crippen LogP contribution in [0.25, 0.3) is 0 Å². The predicted octanol–water partition coefficient (Wildman–Crippen LogP) is 3.20. The number of nitrogen functional groups attached to an aromatic ring is 1. The third-order valence-corrected chi connectivity index (χ3v) is 4.97. The minimum Gasteiger partial charge on any atom is -0.495 e. The standard InChI is InChI=1S/C21H26FN3O2/c1-27-21-7-3-2-5-19(21)25-13-11-24(12-14-25)10-4-6-20(26)17-9-8-16(23)15-18(17)22/h2-3,5,7-9,15H,4,6,10-14,23H2,1H3. The molecule has 144 valence electrons. The van der Waals surface area contributed by atoms with Gasteiger partial charge in [0.15, 0.2) is 5.78 Å². The second-order valence-corrected chi connectivity index (χ2v) is 6.77. The lowest BCUT2D eigenvalue weighted by Gasteiger charge is -2.36. The number of carbonyl (C=O) groups is 1. The molecule has 1 aliphatic heterocycles. The molecule has 0 aliphatic carbocycles. The maximum absolute atomic E-state index is 13.8. The Morgan fingerprint density at radius 2 is 1.89 bits per heavy atom. The van der Waals surface area contributed by atoms with E-state index in [0.717, 1.165) is 50.6 Å². The molecule has 0 bridgehead atoms. The van der Waals surface area contributed by atoms with Crippen molar-refractivity contribution in [1.82, 2.24) is 4.90 Å². The summed E-state index contributed by atoms with van der Waals surface area (Å²) in [6.07, 6.45) is 1.06. The first-order valence-corrected chi connectivity index (χ1v) is 9.27. The SMILES string of the molecule is COc1ccccc1N1CCN(CCCC(=O)c2ccc(N)cc2F)CC1. The number of halogens is 1. The van der Waals surface area contributed by atoms with Crippen molar-refractivity contribution in [3.8, 4) is 5.75 Å². The van der Waals surface area contributed by atoms with Gasteiger partial charge in [-0.2, -0.15) is 0 Å². The number of ketones is 1. The first-order valence-electron chi connectivity index (χ1n) is 9.27. The Labute approximate surface area is 159 Å². The van der Waals surface area contributed by atoms with E-state index >= 15 is 0 Å². The van der Waals surface area contributed by atoms with E-state index < -0.39 is 5.82 Å². The van der Waals surface area contributed by atoms with E-state index in [2.05, 4.69) is 15.9 Å². The van der Waals surface area contributed by atoms with Gasteiger partial charge in [0.25, 0.3) is 0 Å². The topological polar surface area (TPSA) is 58.8 Å². The van der Waals surface area contributed by atoms with Crippen LogP contribution in [0.15, 0.2) is 42.5 Å². The molecule has 2 N–H and O–H groups in total. The van der Waals surface area contributed by atoms with Crippen LogP contribution in [0.2, 0.25) is 0 Å². The number of rotatable bonds is 7. The second-order valence-electron chi connectivity index (χ2n) is 6.77. The Morgan fingerprint density at radius 1 is 1.15 bits per heavy atom. The number of hydrogen-bond donors (Lipinski definition) is 1. The van der Waals surface area contributed by atoms with Crippen molar-refractivity contribution in [3.05, 3.63) is 53.8 Å². The van der Waals surface area contributed by atoms with Crippen molar-refractivity contribution in [3.63, 3.8) is 0 Å². The summed E-state index contributed by atoms with van der Waals surface area (Å²) in [5.41, 5.74) is 7.11. The van der Waals surface area contributed by atoms with Crippen molar-refractivity contribution in [1.29, 1.82) is 0 Å². The highest BCUT2D eigenvalue weighted by atomic mass is 19.1. The number of para-hydroxylation sites is 2. The minimum atomic E-state index is -0.537. The van der Waals surface area contributed by atoms with Crippen molar-refractivity contribution in [2.45, 2.75) is 12.8 Å². The Bertz CT molecular complexity index is 789. The Hall–Kier alpha value is -2.60. The van der Waals surface area contributed by atoms with Crippen LogP contribution in [0.5, 0.6) is 5.75 Å². The number of nitrogens with two attached hydrogens (primary N) is 1. The number of methoxy groups -OCH3 is 1. The quantitative estimate of drug-likeness (QED) is 0.598. The summed E-state index contributed by atoms with van der Waals surface area (Å²) in [6, 6.07) is 12.3. The van der Waals surface area contributed by atoms with Gasteiger partial charge in [0.05, 0.1) is 18.4 Å². The predicted molar refractivity (Wildman–Crippen MR) is 106 cm³/mol. The molecule has 0 unspecified atom stereocenters. The number of anilines is 2. The molecule has 0 saturated carbocycles. The molecule has 0 radical (unpaired) electrons. The van der Waals surface area contributed by atoms with Gasteiger partial charge in [-0.3, -0.25) is 9.69 Å². The van der Waals surface area contributed by atoms with Gasteiger partial charge in [0, 0.05) is 38.3 Å². The lowest BCUT2D eigenvalue weighted by molar-refractivity contribution is 0.0970. The highest BCUT2D eigenvalue weighted by Gasteiger charge is 2.19. The molecule has 2 aromatic rings. The molecule has 1 heterocycles. The fourth-order valence-corrected chi connectivity index (χ4v) is 3.46. The molecule has 27 heavy (non-hydrogen) atoms. The van der Waals surface area contributed by atoms with Gasteiger partial charge in [-0.1, -0.05) is 12.1 Å². The number of hydrogen-bond acceptors (Lipinski definition) is 5. The van der Waals surface area contributed by atoms with Gasteiger partial charge < -0.3 is 15.4 Å². The Balaban J connectivity index is 1.45. The van der Waals surface area contributed by atoms with E-state index in [0.29, 0.717) is 12.1 Å². The summed E-state index contributed by atoms with van der Waals surface area (Å²) >= 11 is 0. The van der Waals surface area contributed by atoms with Gasteiger partial charge in [0.2, 0.25) is 0 Å². The number of benzene rings is 2. The zero-order valence-electron chi connectivity index (χ0n) is 15.7. The normalized spacial score (nSPS) is 15.0. The van der Waals surface area contributed by atoms with Gasteiger partial charge in [-0.15, -0.1) is 0 Å².